The molecule has 3 heterocycles. The van der Waals surface area contributed by atoms with E-state index in [9.17, 15) is 14.4 Å². The molecule has 1 aliphatic heterocycles. The number of fused-ring (bicyclic) bond motifs is 2. The topological polar surface area (TPSA) is 120 Å². The highest BCUT2D eigenvalue weighted by Crippen LogP contribution is 2.29. The quantitative estimate of drug-likeness (QED) is 0.354. The van der Waals surface area contributed by atoms with Gasteiger partial charge in [-0.3, -0.25) is 14.4 Å². The van der Waals surface area contributed by atoms with Crippen molar-refractivity contribution >= 4 is 64.0 Å². The van der Waals surface area contributed by atoms with E-state index in [1.54, 1.807) is 37.3 Å². The Labute approximate surface area is 254 Å². The molecule has 2 aromatic heterocycles. The van der Waals surface area contributed by atoms with Crippen LogP contribution in [0.25, 0.3) is 10.9 Å². The van der Waals surface area contributed by atoms with Crippen molar-refractivity contribution in [3.05, 3.63) is 50.6 Å². The van der Waals surface area contributed by atoms with Crippen molar-refractivity contribution in [3.8, 4) is 0 Å². The summed E-state index contributed by atoms with van der Waals surface area (Å²) in [4.78, 5) is 52.6. The molecule has 0 spiro atoms. The molecular formula is C28H36Cl2N6O4S. The van der Waals surface area contributed by atoms with Gasteiger partial charge in [0.2, 0.25) is 5.91 Å². The van der Waals surface area contributed by atoms with Gasteiger partial charge in [-0.2, -0.15) is 0 Å². The first-order valence-corrected chi connectivity index (χ1v) is 14.7. The lowest BCUT2D eigenvalue weighted by atomic mass is 9.81. The number of nitrogens with zero attached hydrogens (tertiary/aromatic N) is 3. The van der Waals surface area contributed by atoms with Crippen LogP contribution in [0.2, 0.25) is 5.02 Å². The van der Waals surface area contributed by atoms with Gasteiger partial charge >= 0.3 is 0 Å². The number of halogens is 2. The monoisotopic (exact) mass is 622 g/mol. The fraction of sp³-hybridized carbons (Fsp3) is 0.500. The average molecular weight is 624 g/mol. The van der Waals surface area contributed by atoms with Gasteiger partial charge in [0.1, 0.15) is 5.69 Å². The first-order valence-electron chi connectivity index (χ1n) is 13.5. The number of carbonyl (C=O) groups is 3. The number of aromatic nitrogens is 2. The van der Waals surface area contributed by atoms with Gasteiger partial charge < -0.3 is 30.2 Å². The molecule has 1 saturated carbocycles. The molecule has 1 aromatic carbocycles. The SMILES string of the molecule is COCCN(C)C(=O)[C@H]1CC[C@H](NC(=O)c2cc3cc(Cl)ccc3[nH]2)[C@H](NC(=O)c2nc3c(s2)CN(C)CC3)C1.Cl. The molecule has 0 saturated heterocycles. The number of amides is 3. The van der Waals surface area contributed by atoms with Crippen molar-refractivity contribution in [2.75, 3.05) is 40.9 Å². The predicted octanol–water partition coefficient (Wildman–Crippen LogP) is 3.49. The number of nitrogens with one attached hydrogen (secondary N) is 3. The molecule has 41 heavy (non-hydrogen) atoms. The largest absolute Gasteiger partial charge is 0.383 e. The summed E-state index contributed by atoms with van der Waals surface area (Å²) in [6.45, 7) is 2.64. The number of rotatable bonds is 8. The van der Waals surface area contributed by atoms with E-state index in [1.807, 2.05) is 6.07 Å². The number of aromatic amines is 1. The Balaban J connectivity index is 0.00000387. The van der Waals surface area contributed by atoms with Crippen LogP contribution in [-0.4, -0.2) is 90.5 Å². The minimum atomic E-state index is -0.433. The molecule has 0 unspecified atom stereocenters. The molecule has 2 aliphatic rings. The normalized spacial score (nSPS) is 20.6. The number of benzene rings is 1. The fourth-order valence-electron chi connectivity index (χ4n) is 5.50. The van der Waals surface area contributed by atoms with Crippen LogP contribution in [0.3, 0.4) is 0 Å². The smallest absolute Gasteiger partial charge is 0.280 e. The Morgan fingerprint density at radius 2 is 1.98 bits per heavy atom. The Morgan fingerprint density at radius 1 is 1.20 bits per heavy atom. The first-order chi connectivity index (χ1) is 19.2. The zero-order valence-electron chi connectivity index (χ0n) is 23.4. The van der Waals surface area contributed by atoms with Crippen LogP contribution in [0.15, 0.2) is 24.3 Å². The number of methoxy groups -OCH3 is 1. The minimum Gasteiger partial charge on any atom is -0.383 e. The van der Waals surface area contributed by atoms with Crippen LogP contribution in [0.5, 0.6) is 0 Å². The zero-order chi connectivity index (χ0) is 28.4. The number of hydrogen-bond donors (Lipinski definition) is 3. The molecule has 3 amide bonds. The molecule has 13 heteroatoms. The molecule has 1 aliphatic carbocycles. The van der Waals surface area contributed by atoms with Crippen molar-refractivity contribution < 1.29 is 19.1 Å². The Morgan fingerprint density at radius 3 is 2.76 bits per heavy atom. The number of hydrogen-bond acceptors (Lipinski definition) is 7. The molecule has 5 rings (SSSR count). The van der Waals surface area contributed by atoms with E-state index in [1.165, 1.54) is 11.3 Å². The van der Waals surface area contributed by atoms with Gasteiger partial charge in [-0.15, -0.1) is 23.7 Å². The maximum Gasteiger partial charge on any atom is 0.280 e. The highest BCUT2D eigenvalue weighted by Gasteiger charge is 2.37. The lowest BCUT2D eigenvalue weighted by Crippen LogP contribution is -2.56. The van der Waals surface area contributed by atoms with Crippen molar-refractivity contribution in [1.82, 2.24) is 30.4 Å². The molecule has 0 bridgehead atoms. The average Bonchev–Trinajstić information content (AvgIpc) is 3.56. The van der Waals surface area contributed by atoms with Gasteiger partial charge in [-0.1, -0.05) is 11.6 Å². The number of likely N-dealkylation sites (N-methyl/N-ethyl adjacent to an activating group) is 2. The third-order valence-corrected chi connectivity index (χ3v) is 9.10. The Kier molecular flexibility index (Phi) is 10.3. The molecule has 10 nitrogen and oxygen atoms in total. The molecule has 3 atom stereocenters. The summed E-state index contributed by atoms with van der Waals surface area (Å²) in [6, 6.07) is 6.39. The second-order valence-corrected chi connectivity index (χ2v) is 12.2. The van der Waals surface area contributed by atoms with E-state index in [4.69, 9.17) is 16.3 Å². The molecule has 3 aromatic rings. The number of carbonyl (C=O) groups excluding carboxylic acids is 3. The highest BCUT2D eigenvalue weighted by atomic mass is 35.5. The first kappa shape index (κ1) is 31.2. The predicted molar refractivity (Wildman–Crippen MR) is 162 cm³/mol. The van der Waals surface area contributed by atoms with Gasteiger partial charge in [0.15, 0.2) is 5.01 Å². The summed E-state index contributed by atoms with van der Waals surface area (Å²) in [5.74, 6) is -0.797. The summed E-state index contributed by atoms with van der Waals surface area (Å²) >= 11 is 7.53. The standard InChI is InChI=1S/C28H35ClN6O4S.ClH/c1-34-9-8-21-24(15-34)40-27(33-21)26(37)32-22-13-16(28(38)35(2)10-11-39-3)4-6-20(22)31-25(36)23-14-17-12-18(29)5-7-19(17)30-23;/h5,7,12,14,16,20,22,30H,4,6,8-11,13,15H2,1-3H3,(H,31,36)(H,32,37);1H/t16-,20-,22+;/m0./s1. The number of H-pyrrole nitrogens is 1. The van der Waals surface area contributed by atoms with Gasteiger partial charge in [0.05, 0.1) is 18.3 Å². The van der Waals surface area contributed by atoms with Crippen LogP contribution in [0.4, 0.5) is 0 Å². The molecule has 3 N–H and O–H groups in total. The van der Waals surface area contributed by atoms with E-state index in [0.717, 1.165) is 41.0 Å². The van der Waals surface area contributed by atoms with Crippen molar-refractivity contribution in [3.63, 3.8) is 0 Å². The van der Waals surface area contributed by atoms with Crippen LogP contribution >= 0.6 is 35.3 Å². The second-order valence-electron chi connectivity index (χ2n) is 10.7. The van der Waals surface area contributed by atoms with Gasteiger partial charge in [0.25, 0.3) is 11.8 Å². The van der Waals surface area contributed by atoms with E-state index < -0.39 is 6.04 Å². The van der Waals surface area contributed by atoms with E-state index in [-0.39, 0.29) is 42.1 Å². The molecule has 222 valence electrons. The van der Waals surface area contributed by atoms with Crippen molar-refractivity contribution in [1.29, 1.82) is 0 Å². The van der Waals surface area contributed by atoms with Crippen LogP contribution in [0.1, 0.15) is 50.1 Å². The maximum absolute atomic E-state index is 13.4. The van der Waals surface area contributed by atoms with Crippen LogP contribution in [-0.2, 0) is 22.5 Å². The van der Waals surface area contributed by atoms with Crippen molar-refractivity contribution in [2.24, 2.45) is 5.92 Å². The zero-order valence-corrected chi connectivity index (χ0v) is 25.8. The van der Waals surface area contributed by atoms with Gasteiger partial charge in [0, 0.05) is 73.0 Å². The van der Waals surface area contributed by atoms with Gasteiger partial charge in [-0.05, 0) is 50.6 Å². The number of thiazole rings is 1. The fourth-order valence-corrected chi connectivity index (χ4v) is 6.77. The van der Waals surface area contributed by atoms with E-state index in [2.05, 4.69) is 32.5 Å². The van der Waals surface area contributed by atoms with Crippen LogP contribution < -0.4 is 10.6 Å². The minimum absolute atomic E-state index is 0. The summed E-state index contributed by atoms with van der Waals surface area (Å²) < 4.78 is 5.13. The lowest BCUT2D eigenvalue weighted by Gasteiger charge is -2.37. The second kappa shape index (κ2) is 13.5. The van der Waals surface area contributed by atoms with E-state index >= 15 is 0 Å². The third kappa shape index (κ3) is 7.21. The van der Waals surface area contributed by atoms with Crippen LogP contribution in [0, 0.1) is 5.92 Å². The molecule has 0 radical (unpaired) electrons. The van der Waals surface area contributed by atoms with Gasteiger partial charge in [-0.25, -0.2) is 4.98 Å². The summed E-state index contributed by atoms with van der Waals surface area (Å²) in [5.41, 5.74) is 2.20. The highest BCUT2D eigenvalue weighted by molar-refractivity contribution is 7.13. The molecular weight excluding hydrogens is 587 g/mol. The Bertz CT molecular complexity index is 1410. The Hall–Kier alpha value is -2.70. The lowest BCUT2D eigenvalue weighted by molar-refractivity contribution is -0.136. The maximum atomic E-state index is 13.4. The third-order valence-electron chi connectivity index (χ3n) is 7.78. The molecule has 1 fully saturated rings. The number of ether oxygens (including phenoxy) is 1. The van der Waals surface area contributed by atoms with E-state index in [0.29, 0.717) is 48.1 Å². The van der Waals surface area contributed by atoms with Crippen molar-refractivity contribution in [2.45, 2.75) is 44.3 Å². The summed E-state index contributed by atoms with van der Waals surface area (Å²) in [6.07, 6.45) is 2.39. The summed E-state index contributed by atoms with van der Waals surface area (Å²) in [7, 11) is 5.43. The summed E-state index contributed by atoms with van der Waals surface area (Å²) in [5, 5.41) is 8.08.